The van der Waals surface area contributed by atoms with E-state index in [1.165, 1.54) is 10.4 Å². The first-order valence-electron chi connectivity index (χ1n) is 13.7. The molecule has 0 fully saturated rings. The van der Waals surface area contributed by atoms with Gasteiger partial charge in [-0.15, -0.1) is 11.3 Å². The molecule has 7 nitrogen and oxygen atoms in total. The van der Waals surface area contributed by atoms with Gasteiger partial charge in [0.05, 0.1) is 24.6 Å². The van der Waals surface area contributed by atoms with Crippen molar-refractivity contribution in [3.63, 3.8) is 0 Å². The number of allylic oxidation sites excluding steroid dienone is 2. The van der Waals surface area contributed by atoms with Crippen molar-refractivity contribution in [3.8, 4) is 16.9 Å². The van der Waals surface area contributed by atoms with E-state index in [-0.39, 0.29) is 12.0 Å². The van der Waals surface area contributed by atoms with Crippen LogP contribution in [0.3, 0.4) is 0 Å². The number of fused-ring (bicyclic) bond motifs is 1. The monoisotopic (exact) mass is 590 g/mol. The highest BCUT2D eigenvalue weighted by Gasteiger charge is 2.24. The first-order valence-corrected chi connectivity index (χ1v) is 15.0. The number of anilines is 1. The smallest absolute Gasteiger partial charge is 0.306 e. The molecule has 214 valence electrons. The Hall–Kier alpha value is -3.46. The fourth-order valence-electron chi connectivity index (χ4n) is 5.46. The minimum absolute atomic E-state index is 0.0122. The maximum absolute atomic E-state index is 11.5. The summed E-state index contributed by atoms with van der Waals surface area (Å²) in [7, 11) is 5.77. The van der Waals surface area contributed by atoms with Crippen LogP contribution in [0.2, 0.25) is 5.02 Å². The summed E-state index contributed by atoms with van der Waals surface area (Å²) in [4.78, 5) is 24.3. The molecule has 0 bridgehead atoms. The molecule has 0 spiro atoms. The van der Waals surface area contributed by atoms with E-state index in [1.54, 1.807) is 18.4 Å². The number of carbonyl (C=O) groups is 1. The summed E-state index contributed by atoms with van der Waals surface area (Å²) in [6.07, 6.45) is 3.84. The third-order valence-electron chi connectivity index (χ3n) is 7.51. The van der Waals surface area contributed by atoms with Crippen molar-refractivity contribution in [1.29, 1.82) is 0 Å². The molecule has 0 radical (unpaired) electrons. The van der Waals surface area contributed by atoms with Crippen LogP contribution in [0, 0.1) is 12.8 Å². The third kappa shape index (κ3) is 6.25. The Balaban J connectivity index is 1.48. The molecule has 2 heterocycles. The normalized spacial score (nSPS) is 16.1. The number of methoxy groups -OCH3 is 1. The molecular weight excluding hydrogens is 556 g/mol. The summed E-state index contributed by atoms with van der Waals surface area (Å²) in [5.41, 5.74) is 6.22. The van der Waals surface area contributed by atoms with Gasteiger partial charge in [0, 0.05) is 39.0 Å². The predicted octanol–water partition coefficient (Wildman–Crippen LogP) is 7.83. The van der Waals surface area contributed by atoms with Gasteiger partial charge in [-0.3, -0.25) is 4.79 Å². The second kappa shape index (κ2) is 12.2. The summed E-state index contributed by atoms with van der Waals surface area (Å²) < 4.78 is 5.75. The Labute approximate surface area is 249 Å². The van der Waals surface area contributed by atoms with Crippen molar-refractivity contribution in [3.05, 3.63) is 74.7 Å². The molecule has 4 aromatic rings. The molecule has 2 N–H and O–H groups in total. The molecule has 0 saturated heterocycles. The summed E-state index contributed by atoms with van der Waals surface area (Å²) >= 11 is 8.38. The molecule has 2 aromatic carbocycles. The highest BCUT2D eigenvalue weighted by atomic mass is 35.5. The summed E-state index contributed by atoms with van der Waals surface area (Å²) in [6.45, 7) is 4.82. The molecule has 0 aliphatic heterocycles. The number of hydrogen-bond donors (Lipinski definition) is 2. The van der Waals surface area contributed by atoms with E-state index in [0.717, 1.165) is 56.3 Å². The van der Waals surface area contributed by atoms with Crippen LogP contribution in [0.5, 0.6) is 5.75 Å². The molecule has 0 amide bonds. The van der Waals surface area contributed by atoms with Crippen molar-refractivity contribution in [1.82, 2.24) is 14.9 Å². The van der Waals surface area contributed by atoms with Gasteiger partial charge < -0.3 is 20.1 Å². The first-order chi connectivity index (χ1) is 19.6. The van der Waals surface area contributed by atoms with Crippen molar-refractivity contribution in [2.75, 3.05) is 26.5 Å². The van der Waals surface area contributed by atoms with Gasteiger partial charge in [-0.25, -0.2) is 9.97 Å². The number of thiophene rings is 1. The predicted molar refractivity (Wildman–Crippen MR) is 168 cm³/mol. The molecule has 5 rings (SSSR count). The minimum Gasteiger partial charge on any atom is -0.496 e. The van der Waals surface area contributed by atoms with Crippen LogP contribution in [0.25, 0.3) is 27.6 Å². The lowest BCUT2D eigenvalue weighted by atomic mass is 9.86. The number of nitrogens with one attached hydrogen (secondary N) is 1. The zero-order valence-electron chi connectivity index (χ0n) is 24.0. The van der Waals surface area contributed by atoms with Gasteiger partial charge in [-0.2, -0.15) is 0 Å². The number of ether oxygens (including phenoxy) is 1. The number of carboxylic acids is 1. The molecule has 1 unspecified atom stereocenters. The lowest BCUT2D eigenvalue weighted by Crippen LogP contribution is -2.16. The highest BCUT2D eigenvalue weighted by Crippen LogP contribution is 2.40. The van der Waals surface area contributed by atoms with Gasteiger partial charge in [0.1, 0.15) is 17.4 Å². The average Bonchev–Trinajstić information content (AvgIpc) is 3.42. The summed E-state index contributed by atoms with van der Waals surface area (Å²) in [6, 6.07) is 12.3. The molecule has 9 heteroatoms. The lowest BCUT2D eigenvalue weighted by molar-refractivity contribution is -0.141. The Morgan fingerprint density at radius 1 is 1.27 bits per heavy atom. The number of nitrogens with zero attached hydrogens (tertiary/aromatic N) is 3. The molecule has 2 aromatic heterocycles. The Bertz CT molecular complexity index is 1630. The van der Waals surface area contributed by atoms with Gasteiger partial charge in [-0.1, -0.05) is 29.8 Å². The van der Waals surface area contributed by atoms with Crippen LogP contribution < -0.4 is 10.1 Å². The number of aliphatic carboxylic acids is 1. The molecule has 1 aliphatic rings. The van der Waals surface area contributed by atoms with Gasteiger partial charge in [0.2, 0.25) is 0 Å². The Morgan fingerprint density at radius 2 is 2.07 bits per heavy atom. The number of rotatable bonds is 9. The minimum atomic E-state index is -0.740. The standard InChI is InChI=1S/C32H35ClN4O3S/c1-18(29-13-23(17-41-29)30-22(16-37(3)4)7-6-8-26(30)33)34-31-25-14-24(20-9-11-21(12-10-20)32(38)39)28(40-5)15-27(25)35-19(2)36-31/h6-9,13-15,17-18,21H,10-12,16H2,1-5H3,(H,38,39)(H,34,35,36)/t18-,21?/m1/s1. The fraction of sp³-hybridized carbons (Fsp3) is 0.344. The van der Waals surface area contributed by atoms with Crippen LogP contribution in [0.1, 0.15) is 54.1 Å². The Kier molecular flexibility index (Phi) is 8.63. The molecule has 1 aliphatic carbocycles. The van der Waals surface area contributed by atoms with Crippen LogP contribution >= 0.6 is 22.9 Å². The quantitative estimate of drug-likeness (QED) is 0.205. The van der Waals surface area contributed by atoms with Gasteiger partial charge in [-0.05, 0) is 87.5 Å². The number of halogens is 1. The number of aromatic nitrogens is 2. The summed E-state index contributed by atoms with van der Waals surface area (Å²) in [5, 5.41) is 16.9. The third-order valence-corrected chi connectivity index (χ3v) is 8.94. The van der Waals surface area contributed by atoms with Crippen molar-refractivity contribution in [2.45, 2.75) is 45.7 Å². The number of carboxylic acid groups (broad SMARTS) is 1. The van der Waals surface area contributed by atoms with Gasteiger partial charge in [0.15, 0.2) is 0 Å². The maximum atomic E-state index is 11.5. The summed E-state index contributed by atoms with van der Waals surface area (Å²) in [5.74, 6) is 1.07. The topological polar surface area (TPSA) is 87.6 Å². The van der Waals surface area contributed by atoms with Crippen LogP contribution in [-0.4, -0.2) is 47.1 Å². The maximum Gasteiger partial charge on any atom is 0.306 e. The van der Waals surface area contributed by atoms with E-state index in [9.17, 15) is 9.90 Å². The SMILES string of the molecule is COc1cc2nc(C)nc(N[C@H](C)c3cc(-c4c(Cl)cccc4CN(C)C)cs3)c2cc1C1=CCC(C(=O)O)CC1. The van der Waals surface area contributed by atoms with Crippen LogP contribution in [0.15, 0.2) is 47.9 Å². The van der Waals surface area contributed by atoms with Crippen molar-refractivity contribution < 1.29 is 14.6 Å². The van der Waals surface area contributed by atoms with Crippen LogP contribution in [-0.2, 0) is 11.3 Å². The molecule has 41 heavy (non-hydrogen) atoms. The van der Waals surface area contributed by atoms with E-state index in [0.29, 0.717) is 25.1 Å². The lowest BCUT2D eigenvalue weighted by Gasteiger charge is -2.21. The second-order valence-electron chi connectivity index (χ2n) is 10.8. The number of hydrogen-bond acceptors (Lipinski definition) is 7. The van der Waals surface area contributed by atoms with Crippen molar-refractivity contribution >= 4 is 51.2 Å². The fourth-order valence-corrected chi connectivity index (χ4v) is 6.67. The average molecular weight is 591 g/mol. The molecule has 2 atom stereocenters. The molecule has 0 saturated carbocycles. The van der Waals surface area contributed by atoms with E-state index in [2.05, 4.69) is 59.8 Å². The zero-order valence-corrected chi connectivity index (χ0v) is 25.6. The van der Waals surface area contributed by atoms with Gasteiger partial charge in [0.25, 0.3) is 0 Å². The largest absolute Gasteiger partial charge is 0.496 e. The Morgan fingerprint density at radius 3 is 2.76 bits per heavy atom. The first kappa shape index (κ1) is 29.0. The highest BCUT2D eigenvalue weighted by molar-refractivity contribution is 7.10. The number of benzene rings is 2. The second-order valence-corrected chi connectivity index (χ2v) is 12.2. The van der Waals surface area contributed by atoms with E-state index in [1.807, 2.05) is 31.2 Å². The van der Waals surface area contributed by atoms with E-state index in [4.69, 9.17) is 21.3 Å². The zero-order chi connectivity index (χ0) is 29.3. The van der Waals surface area contributed by atoms with Gasteiger partial charge >= 0.3 is 5.97 Å². The van der Waals surface area contributed by atoms with Crippen LogP contribution in [0.4, 0.5) is 5.82 Å². The molecular formula is C32H35ClN4O3S. The van der Waals surface area contributed by atoms with E-state index >= 15 is 0 Å². The van der Waals surface area contributed by atoms with E-state index < -0.39 is 5.97 Å². The number of aryl methyl sites for hydroxylation is 1. The van der Waals surface area contributed by atoms with Crippen molar-refractivity contribution in [2.24, 2.45) is 5.92 Å².